The van der Waals surface area contributed by atoms with Crippen LogP contribution in [0, 0.1) is 28.9 Å². The number of nitro groups is 1. The molecule has 0 aliphatic carbocycles. The Kier molecular flexibility index (Phi) is 5.86. The number of rotatable bonds is 6. The van der Waals surface area contributed by atoms with Gasteiger partial charge in [0.25, 0.3) is 11.6 Å². The zero-order valence-corrected chi connectivity index (χ0v) is 13.4. The molecule has 0 aromatic heterocycles. The summed E-state index contributed by atoms with van der Waals surface area (Å²) in [6.07, 6.45) is 1.28. The first kappa shape index (κ1) is 17.9. The van der Waals surface area contributed by atoms with Crippen molar-refractivity contribution >= 4 is 17.6 Å². The Hall–Kier alpha value is -2.48. The molecule has 1 aromatic rings. The second kappa shape index (κ2) is 7.87. The number of nitrogens with one attached hydrogen (secondary N) is 1. The number of benzene rings is 1. The van der Waals surface area contributed by atoms with E-state index in [4.69, 9.17) is 4.74 Å². The SMILES string of the molecule is Cc1c(C(=O)NCC(C(=O)O)C2CCOCC2)cccc1[N+](=O)[O-]. The average Bonchev–Trinajstić information content (AvgIpc) is 2.55. The van der Waals surface area contributed by atoms with E-state index in [1.165, 1.54) is 25.1 Å². The number of hydrogen-bond donors (Lipinski definition) is 2. The van der Waals surface area contributed by atoms with Gasteiger partial charge < -0.3 is 15.2 Å². The number of ether oxygens (including phenoxy) is 1. The van der Waals surface area contributed by atoms with E-state index in [0.717, 1.165) is 0 Å². The molecule has 0 radical (unpaired) electrons. The van der Waals surface area contributed by atoms with Crippen LogP contribution in [0.4, 0.5) is 5.69 Å². The van der Waals surface area contributed by atoms with Crippen molar-refractivity contribution in [3.8, 4) is 0 Å². The molecule has 2 N–H and O–H groups in total. The highest BCUT2D eigenvalue weighted by Gasteiger charge is 2.30. The number of carboxylic acid groups (broad SMARTS) is 1. The van der Waals surface area contributed by atoms with Crippen molar-refractivity contribution in [2.45, 2.75) is 19.8 Å². The number of carboxylic acids is 1. The lowest BCUT2D eigenvalue weighted by Gasteiger charge is -2.27. The fourth-order valence-corrected chi connectivity index (χ4v) is 2.94. The van der Waals surface area contributed by atoms with Crippen molar-refractivity contribution in [2.24, 2.45) is 11.8 Å². The van der Waals surface area contributed by atoms with Crippen LogP contribution in [0.25, 0.3) is 0 Å². The molecule has 24 heavy (non-hydrogen) atoms. The van der Waals surface area contributed by atoms with Crippen LogP contribution in [0.3, 0.4) is 0 Å². The molecule has 1 aromatic carbocycles. The summed E-state index contributed by atoms with van der Waals surface area (Å²) in [7, 11) is 0. The summed E-state index contributed by atoms with van der Waals surface area (Å²) >= 11 is 0. The largest absolute Gasteiger partial charge is 0.481 e. The molecule has 1 fully saturated rings. The molecular formula is C16H20N2O6. The second-order valence-corrected chi connectivity index (χ2v) is 5.81. The van der Waals surface area contributed by atoms with E-state index >= 15 is 0 Å². The van der Waals surface area contributed by atoms with Crippen molar-refractivity contribution in [1.29, 1.82) is 0 Å². The highest BCUT2D eigenvalue weighted by molar-refractivity contribution is 5.96. The van der Waals surface area contributed by atoms with Crippen LogP contribution in [0.5, 0.6) is 0 Å². The summed E-state index contributed by atoms with van der Waals surface area (Å²) in [4.78, 5) is 34.2. The van der Waals surface area contributed by atoms with E-state index in [0.29, 0.717) is 26.1 Å². The Balaban J connectivity index is 2.07. The van der Waals surface area contributed by atoms with Gasteiger partial charge in [-0.15, -0.1) is 0 Å². The molecule has 130 valence electrons. The Morgan fingerprint density at radius 1 is 1.42 bits per heavy atom. The first-order valence-electron chi connectivity index (χ1n) is 7.74. The van der Waals surface area contributed by atoms with E-state index in [2.05, 4.69) is 5.32 Å². The lowest BCUT2D eigenvalue weighted by Crippen LogP contribution is -2.39. The van der Waals surface area contributed by atoms with Gasteiger partial charge in [0, 0.05) is 37.0 Å². The Morgan fingerprint density at radius 2 is 2.08 bits per heavy atom. The highest BCUT2D eigenvalue weighted by Crippen LogP contribution is 2.24. The molecule has 1 aliphatic rings. The summed E-state index contributed by atoms with van der Waals surface area (Å²) in [5, 5.41) is 22.9. The summed E-state index contributed by atoms with van der Waals surface area (Å²) in [6, 6.07) is 4.25. The number of carbonyl (C=O) groups excluding carboxylic acids is 1. The lowest BCUT2D eigenvalue weighted by molar-refractivity contribution is -0.385. The van der Waals surface area contributed by atoms with Gasteiger partial charge in [0.1, 0.15) is 0 Å². The molecule has 1 saturated heterocycles. The van der Waals surface area contributed by atoms with Crippen LogP contribution in [0.2, 0.25) is 0 Å². The molecule has 2 rings (SSSR count). The van der Waals surface area contributed by atoms with Gasteiger partial charge in [0.15, 0.2) is 0 Å². The van der Waals surface area contributed by atoms with Gasteiger partial charge in [-0.2, -0.15) is 0 Å². The third kappa shape index (κ3) is 4.08. The molecule has 1 heterocycles. The molecule has 8 heteroatoms. The maximum Gasteiger partial charge on any atom is 0.308 e. The van der Waals surface area contributed by atoms with Crippen molar-refractivity contribution in [3.63, 3.8) is 0 Å². The van der Waals surface area contributed by atoms with E-state index in [1.54, 1.807) is 0 Å². The standard InChI is InChI=1S/C16H20N2O6/c1-10-12(3-2-4-14(10)18(22)23)15(19)17-9-13(16(20)21)11-5-7-24-8-6-11/h2-4,11,13H,5-9H2,1H3,(H,17,19)(H,20,21). The van der Waals surface area contributed by atoms with Crippen molar-refractivity contribution in [1.82, 2.24) is 5.32 Å². The van der Waals surface area contributed by atoms with Gasteiger partial charge in [-0.05, 0) is 31.7 Å². The number of nitrogens with zero attached hydrogens (tertiary/aromatic N) is 1. The molecule has 8 nitrogen and oxygen atoms in total. The minimum absolute atomic E-state index is 0.0129. The number of amides is 1. The minimum Gasteiger partial charge on any atom is -0.481 e. The van der Waals surface area contributed by atoms with Gasteiger partial charge >= 0.3 is 5.97 Å². The first-order valence-corrected chi connectivity index (χ1v) is 7.74. The van der Waals surface area contributed by atoms with E-state index < -0.39 is 22.7 Å². The van der Waals surface area contributed by atoms with Gasteiger partial charge in [-0.3, -0.25) is 19.7 Å². The Labute approximate surface area is 139 Å². The van der Waals surface area contributed by atoms with E-state index in [1.807, 2.05) is 0 Å². The third-order valence-electron chi connectivity index (χ3n) is 4.38. The van der Waals surface area contributed by atoms with Gasteiger partial charge in [-0.1, -0.05) is 6.07 Å². The van der Waals surface area contributed by atoms with Crippen molar-refractivity contribution in [2.75, 3.05) is 19.8 Å². The van der Waals surface area contributed by atoms with Gasteiger partial charge in [0.2, 0.25) is 0 Å². The monoisotopic (exact) mass is 336 g/mol. The normalized spacial score (nSPS) is 16.4. The predicted octanol–water partition coefficient (Wildman–Crippen LogP) is 1.76. The summed E-state index contributed by atoms with van der Waals surface area (Å²) in [6.45, 7) is 2.53. The third-order valence-corrected chi connectivity index (χ3v) is 4.38. The van der Waals surface area contributed by atoms with Crippen LogP contribution in [0.15, 0.2) is 18.2 Å². The molecule has 1 amide bonds. The first-order chi connectivity index (χ1) is 11.4. The zero-order chi connectivity index (χ0) is 17.7. The molecule has 1 unspecified atom stereocenters. The lowest BCUT2D eigenvalue weighted by atomic mass is 9.86. The molecule has 0 spiro atoms. The van der Waals surface area contributed by atoms with Crippen LogP contribution >= 0.6 is 0 Å². The number of carbonyl (C=O) groups is 2. The zero-order valence-electron chi connectivity index (χ0n) is 13.4. The van der Waals surface area contributed by atoms with Crippen LogP contribution in [0.1, 0.15) is 28.8 Å². The molecule has 0 saturated carbocycles. The van der Waals surface area contributed by atoms with Crippen LogP contribution in [-0.2, 0) is 9.53 Å². The molecule has 1 aliphatic heterocycles. The van der Waals surface area contributed by atoms with Crippen molar-refractivity contribution < 1.29 is 24.4 Å². The van der Waals surface area contributed by atoms with Crippen LogP contribution in [-0.4, -0.2) is 41.7 Å². The summed E-state index contributed by atoms with van der Waals surface area (Å²) in [5.74, 6) is -2.22. The number of aliphatic carboxylic acids is 1. The highest BCUT2D eigenvalue weighted by atomic mass is 16.6. The maximum absolute atomic E-state index is 12.3. The predicted molar refractivity (Wildman–Crippen MR) is 84.8 cm³/mol. The van der Waals surface area contributed by atoms with Gasteiger partial charge in [0.05, 0.1) is 10.8 Å². The van der Waals surface area contributed by atoms with Crippen molar-refractivity contribution in [3.05, 3.63) is 39.4 Å². The summed E-state index contributed by atoms with van der Waals surface area (Å²) < 4.78 is 5.23. The van der Waals surface area contributed by atoms with Crippen LogP contribution < -0.4 is 5.32 Å². The minimum atomic E-state index is -0.960. The second-order valence-electron chi connectivity index (χ2n) is 5.81. The maximum atomic E-state index is 12.3. The summed E-state index contributed by atoms with van der Waals surface area (Å²) in [5.41, 5.74) is 0.306. The topological polar surface area (TPSA) is 119 Å². The number of hydrogen-bond acceptors (Lipinski definition) is 5. The number of nitro benzene ring substituents is 1. The van der Waals surface area contributed by atoms with E-state index in [-0.39, 0.29) is 29.3 Å². The fraction of sp³-hybridized carbons (Fsp3) is 0.500. The van der Waals surface area contributed by atoms with Gasteiger partial charge in [-0.25, -0.2) is 0 Å². The molecular weight excluding hydrogens is 316 g/mol. The molecule has 1 atom stereocenters. The molecule has 0 bridgehead atoms. The Bertz CT molecular complexity index is 639. The van der Waals surface area contributed by atoms with E-state index in [9.17, 15) is 24.8 Å². The quantitative estimate of drug-likeness (QED) is 0.603. The Morgan fingerprint density at radius 3 is 2.67 bits per heavy atom. The smallest absolute Gasteiger partial charge is 0.308 e. The fourth-order valence-electron chi connectivity index (χ4n) is 2.94. The average molecular weight is 336 g/mol.